The molecule has 1 aromatic heterocycles. The number of para-hydroxylation sites is 1. The largest absolute Gasteiger partial charge is 0.327 e. The third-order valence-electron chi connectivity index (χ3n) is 2.12. The average Bonchev–Trinajstić information content (AvgIpc) is 2.26. The minimum absolute atomic E-state index is 0.566. The summed E-state index contributed by atoms with van der Waals surface area (Å²) in [6.07, 6.45) is 5.80. The Kier molecular flexibility index (Phi) is 2.56. The molecule has 2 N–H and O–H groups in total. The maximum Gasteiger partial charge on any atom is 0.0707 e. The maximum atomic E-state index is 5.42. The van der Waals surface area contributed by atoms with Gasteiger partial charge < -0.3 is 5.73 Å². The molecule has 0 saturated heterocycles. The fraction of sp³-hybridized carbons (Fsp3) is 0.0833. The van der Waals surface area contributed by atoms with Gasteiger partial charge in [-0.3, -0.25) is 4.98 Å². The predicted molar refractivity (Wildman–Crippen MR) is 59.8 cm³/mol. The van der Waals surface area contributed by atoms with Crippen molar-refractivity contribution in [1.82, 2.24) is 4.98 Å². The van der Waals surface area contributed by atoms with E-state index < -0.39 is 0 Å². The molecule has 14 heavy (non-hydrogen) atoms. The molecule has 0 spiro atoms. The van der Waals surface area contributed by atoms with Gasteiger partial charge in [0.25, 0.3) is 0 Å². The van der Waals surface area contributed by atoms with Gasteiger partial charge in [0.1, 0.15) is 0 Å². The third kappa shape index (κ3) is 1.65. The number of rotatable bonds is 2. The highest BCUT2D eigenvalue weighted by Gasteiger charge is 1.96. The van der Waals surface area contributed by atoms with Crippen LogP contribution >= 0.6 is 0 Å². The number of fused-ring (bicyclic) bond motifs is 1. The van der Waals surface area contributed by atoms with E-state index in [-0.39, 0.29) is 0 Å². The van der Waals surface area contributed by atoms with Crippen LogP contribution in [0.3, 0.4) is 0 Å². The molecule has 2 nitrogen and oxygen atoms in total. The van der Waals surface area contributed by atoms with Crippen molar-refractivity contribution in [2.45, 2.75) is 0 Å². The maximum absolute atomic E-state index is 5.42. The van der Waals surface area contributed by atoms with Crippen LogP contribution in [0, 0.1) is 0 Å². The van der Waals surface area contributed by atoms with Crippen LogP contribution in [0.4, 0.5) is 0 Å². The first kappa shape index (κ1) is 8.91. The fourth-order valence-corrected chi connectivity index (χ4v) is 1.46. The second-order valence-electron chi connectivity index (χ2n) is 3.06. The molecule has 70 valence electrons. The number of benzene rings is 1. The molecule has 2 aromatic rings. The highest BCUT2D eigenvalue weighted by molar-refractivity contribution is 5.87. The fourth-order valence-electron chi connectivity index (χ4n) is 1.46. The first-order valence-electron chi connectivity index (χ1n) is 4.62. The lowest BCUT2D eigenvalue weighted by Gasteiger charge is -2.00. The summed E-state index contributed by atoms with van der Waals surface area (Å²) in [5.41, 5.74) is 7.61. The first-order valence-corrected chi connectivity index (χ1v) is 4.62. The molecule has 0 amide bonds. The zero-order chi connectivity index (χ0) is 9.80. The quantitative estimate of drug-likeness (QED) is 0.777. The van der Waals surface area contributed by atoms with Gasteiger partial charge in [0.05, 0.1) is 5.52 Å². The molecule has 0 unspecified atom stereocenters. The summed E-state index contributed by atoms with van der Waals surface area (Å²) >= 11 is 0. The summed E-state index contributed by atoms with van der Waals surface area (Å²) in [6.45, 7) is 0.566. The lowest BCUT2D eigenvalue weighted by atomic mass is 10.1. The van der Waals surface area contributed by atoms with E-state index in [0.717, 1.165) is 5.52 Å². The molecule has 0 saturated carbocycles. The van der Waals surface area contributed by atoms with E-state index in [1.54, 1.807) is 0 Å². The number of pyridine rings is 1. The van der Waals surface area contributed by atoms with Crippen molar-refractivity contribution < 1.29 is 0 Å². The second-order valence-corrected chi connectivity index (χ2v) is 3.06. The van der Waals surface area contributed by atoms with Gasteiger partial charge in [-0.15, -0.1) is 0 Å². The number of hydrogen-bond acceptors (Lipinski definition) is 2. The van der Waals surface area contributed by atoms with Gasteiger partial charge in [-0.2, -0.15) is 0 Å². The van der Waals surface area contributed by atoms with Gasteiger partial charge in [-0.25, -0.2) is 0 Å². The molecule has 0 bridgehead atoms. The average molecular weight is 184 g/mol. The van der Waals surface area contributed by atoms with Crippen molar-refractivity contribution in [3.05, 3.63) is 48.2 Å². The summed E-state index contributed by atoms with van der Waals surface area (Å²) in [6, 6.07) is 10.1. The molecule has 2 rings (SSSR count). The van der Waals surface area contributed by atoms with Crippen LogP contribution in [-0.2, 0) is 0 Å². The molecule has 0 aliphatic rings. The summed E-state index contributed by atoms with van der Waals surface area (Å²) in [5.74, 6) is 0. The van der Waals surface area contributed by atoms with Crippen LogP contribution in [0.1, 0.15) is 5.56 Å². The number of nitrogens with zero attached hydrogens (tertiary/aromatic N) is 1. The molecule has 0 radical (unpaired) electrons. The minimum Gasteiger partial charge on any atom is -0.327 e. The number of nitrogens with two attached hydrogens (primary N) is 1. The standard InChI is InChI=1S/C12H12N2/c13-8-3-4-10-7-9-14-12-6-2-1-5-11(10)12/h1-7,9H,8,13H2/b4-3+. The number of hydrogen-bond donors (Lipinski definition) is 1. The van der Waals surface area contributed by atoms with Crippen molar-refractivity contribution in [1.29, 1.82) is 0 Å². The molecule has 0 atom stereocenters. The lowest BCUT2D eigenvalue weighted by molar-refractivity contribution is 1.26. The van der Waals surface area contributed by atoms with Crippen molar-refractivity contribution in [2.75, 3.05) is 6.54 Å². The Hall–Kier alpha value is -1.67. The van der Waals surface area contributed by atoms with Crippen LogP contribution < -0.4 is 5.73 Å². The third-order valence-corrected chi connectivity index (χ3v) is 2.12. The molecule has 2 heteroatoms. The summed E-state index contributed by atoms with van der Waals surface area (Å²) in [5, 5.41) is 1.17. The van der Waals surface area contributed by atoms with Crippen LogP contribution in [0.15, 0.2) is 42.6 Å². The van der Waals surface area contributed by atoms with Gasteiger partial charge in [0.15, 0.2) is 0 Å². The molecular weight excluding hydrogens is 172 g/mol. The highest BCUT2D eigenvalue weighted by atomic mass is 14.6. The topological polar surface area (TPSA) is 38.9 Å². The van der Waals surface area contributed by atoms with E-state index in [1.165, 1.54) is 10.9 Å². The van der Waals surface area contributed by atoms with Crippen molar-refractivity contribution in [3.63, 3.8) is 0 Å². The van der Waals surface area contributed by atoms with Crippen LogP contribution in [0.5, 0.6) is 0 Å². The van der Waals surface area contributed by atoms with E-state index in [2.05, 4.69) is 11.1 Å². The molecule has 0 fully saturated rings. The zero-order valence-corrected chi connectivity index (χ0v) is 7.85. The molecule has 1 heterocycles. The summed E-state index contributed by atoms with van der Waals surface area (Å²) in [4.78, 5) is 4.28. The zero-order valence-electron chi connectivity index (χ0n) is 7.85. The monoisotopic (exact) mass is 184 g/mol. The molecule has 0 aliphatic heterocycles. The summed E-state index contributed by atoms with van der Waals surface area (Å²) in [7, 11) is 0. The Balaban J connectivity index is 2.59. The van der Waals surface area contributed by atoms with Gasteiger partial charge in [0.2, 0.25) is 0 Å². The Morgan fingerprint density at radius 2 is 2.07 bits per heavy atom. The van der Waals surface area contributed by atoms with E-state index in [1.807, 2.05) is 42.6 Å². The summed E-state index contributed by atoms with van der Waals surface area (Å²) < 4.78 is 0. The van der Waals surface area contributed by atoms with Gasteiger partial charge in [-0.1, -0.05) is 30.4 Å². The van der Waals surface area contributed by atoms with Gasteiger partial charge >= 0.3 is 0 Å². The molecule has 1 aromatic carbocycles. The van der Waals surface area contributed by atoms with Gasteiger partial charge in [-0.05, 0) is 17.7 Å². The van der Waals surface area contributed by atoms with Crippen molar-refractivity contribution in [3.8, 4) is 0 Å². The Morgan fingerprint density at radius 3 is 2.93 bits per heavy atom. The van der Waals surface area contributed by atoms with E-state index in [4.69, 9.17) is 5.73 Å². The second kappa shape index (κ2) is 4.03. The van der Waals surface area contributed by atoms with Crippen LogP contribution in [0.25, 0.3) is 17.0 Å². The Bertz CT molecular complexity index is 455. The highest BCUT2D eigenvalue weighted by Crippen LogP contribution is 2.16. The predicted octanol–water partition coefficient (Wildman–Crippen LogP) is 2.21. The smallest absolute Gasteiger partial charge is 0.0707 e. The van der Waals surface area contributed by atoms with Crippen LogP contribution in [-0.4, -0.2) is 11.5 Å². The normalized spacial score (nSPS) is 11.2. The molecule has 0 aliphatic carbocycles. The SMILES string of the molecule is NC/C=C/c1ccnc2ccccc12. The first-order chi connectivity index (χ1) is 6.92. The minimum atomic E-state index is 0.566. The van der Waals surface area contributed by atoms with E-state index in [9.17, 15) is 0 Å². The van der Waals surface area contributed by atoms with E-state index >= 15 is 0 Å². The Morgan fingerprint density at radius 1 is 1.21 bits per heavy atom. The molecular formula is C12H12N2. The Labute approximate surface area is 83.1 Å². The van der Waals surface area contributed by atoms with Crippen LogP contribution in [0.2, 0.25) is 0 Å². The lowest BCUT2D eigenvalue weighted by Crippen LogP contribution is -1.92. The van der Waals surface area contributed by atoms with Crippen molar-refractivity contribution in [2.24, 2.45) is 5.73 Å². The van der Waals surface area contributed by atoms with Gasteiger partial charge in [0, 0.05) is 18.1 Å². The van der Waals surface area contributed by atoms with Crippen molar-refractivity contribution >= 4 is 17.0 Å². The van der Waals surface area contributed by atoms with E-state index in [0.29, 0.717) is 6.54 Å². The number of aromatic nitrogens is 1.